The molecule has 0 unspecified atom stereocenters. The second-order valence-corrected chi connectivity index (χ2v) is 7.79. The zero-order valence-corrected chi connectivity index (χ0v) is 17.5. The second kappa shape index (κ2) is 10.3. The molecule has 2 aromatic heterocycles. The van der Waals surface area contributed by atoms with E-state index in [2.05, 4.69) is 21.9 Å². The van der Waals surface area contributed by atoms with Crippen LogP contribution in [0.3, 0.4) is 0 Å². The number of rotatable bonds is 3. The standard InChI is InChI=1S/C17H11F3N4O2S.C2HF3O2/c1-24-16(4-5-22-24)27(25,26)23-17-14(19)7-11(8-15(17)20)2-3-12-6-13(18)10-21-9-12;3-2(4,5)1(6)7/h4-10,23H,1H3;(H,6,7). The zero-order valence-electron chi connectivity index (χ0n) is 16.7. The Bertz CT molecular complexity index is 1350. The highest BCUT2D eigenvalue weighted by Crippen LogP contribution is 2.24. The van der Waals surface area contributed by atoms with Crippen LogP contribution in [0.5, 0.6) is 0 Å². The number of aromatic nitrogens is 3. The maximum Gasteiger partial charge on any atom is 0.490 e. The second-order valence-electron chi connectivity index (χ2n) is 6.16. The van der Waals surface area contributed by atoms with Crippen molar-refractivity contribution >= 4 is 21.7 Å². The Labute approximate surface area is 187 Å². The molecule has 0 aliphatic carbocycles. The molecule has 2 N–H and O–H groups in total. The number of carbonyl (C=O) groups is 1. The first-order valence-electron chi connectivity index (χ1n) is 8.63. The van der Waals surface area contributed by atoms with Crippen LogP contribution >= 0.6 is 0 Å². The highest BCUT2D eigenvalue weighted by molar-refractivity contribution is 7.92. The molecule has 2 heterocycles. The number of nitrogens with one attached hydrogen (secondary N) is 1. The van der Waals surface area contributed by atoms with Gasteiger partial charge in [-0.15, -0.1) is 0 Å². The minimum atomic E-state index is -5.08. The lowest BCUT2D eigenvalue weighted by Gasteiger charge is -2.10. The molecule has 180 valence electrons. The van der Waals surface area contributed by atoms with E-state index in [1.165, 1.54) is 25.5 Å². The van der Waals surface area contributed by atoms with Gasteiger partial charge in [0.2, 0.25) is 0 Å². The van der Waals surface area contributed by atoms with Gasteiger partial charge in [0.15, 0.2) is 16.7 Å². The Balaban J connectivity index is 0.000000509. The third-order valence-electron chi connectivity index (χ3n) is 3.63. The highest BCUT2D eigenvalue weighted by atomic mass is 32.2. The van der Waals surface area contributed by atoms with E-state index >= 15 is 0 Å². The molecule has 0 saturated heterocycles. The van der Waals surface area contributed by atoms with E-state index in [0.29, 0.717) is 0 Å². The molecule has 0 bridgehead atoms. The lowest BCUT2D eigenvalue weighted by molar-refractivity contribution is -0.192. The summed E-state index contributed by atoms with van der Waals surface area (Å²) in [5.74, 6) is -0.670. The fraction of sp³-hybridized carbons (Fsp3) is 0.105. The van der Waals surface area contributed by atoms with Crippen LogP contribution in [-0.2, 0) is 21.9 Å². The third kappa shape index (κ3) is 6.97. The lowest BCUT2D eigenvalue weighted by atomic mass is 10.1. The van der Waals surface area contributed by atoms with Gasteiger partial charge in [0, 0.05) is 24.4 Å². The summed E-state index contributed by atoms with van der Waals surface area (Å²) in [6.45, 7) is 0. The molecule has 8 nitrogen and oxygen atoms in total. The molecule has 0 aliphatic rings. The zero-order chi connectivity index (χ0) is 25.7. The molecule has 34 heavy (non-hydrogen) atoms. The van der Waals surface area contributed by atoms with Crippen molar-refractivity contribution in [2.24, 2.45) is 7.05 Å². The number of aryl methyl sites for hydroxylation is 1. The minimum absolute atomic E-state index is 0.0576. The lowest BCUT2D eigenvalue weighted by Crippen LogP contribution is -2.21. The van der Waals surface area contributed by atoms with Gasteiger partial charge in [-0.2, -0.15) is 26.7 Å². The van der Waals surface area contributed by atoms with E-state index < -0.39 is 45.3 Å². The summed E-state index contributed by atoms with van der Waals surface area (Å²) >= 11 is 0. The molecule has 1 aromatic carbocycles. The summed E-state index contributed by atoms with van der Waals surface area (Å²) in [4.78, 5) is 12.5. The number of carboxylic acid groups (broad SMARTS) is 1. The molecule has 0 amide bonds. The van der Waals surface area contributed by atoms with E-state index in [1.54, 1.807) is 0 Å². The Kier molecular flexibility index (Phi) is 7.90. The van der Waals surface area contributed by atoms with Crippen LogP contribution in [0.15, 0.2) is 47.9 Å². The molecular weight excluding hydrogens is 494 g/mol. The van der Waals surface area contributed by atoms with Crippen molar-refractivity contribution in [2.45, 2.75) is 11.2 Å². The van der Waals surface area contributed by atoms with Crippen molar-refractivity contribution in [3.63, 3.8) is 0 Å². The largest absolute Gasteiger partial charge is 0.490 e. The quantitative estimate of drug-likeness (QED) is 0.417. The first kappa shape index (κ1) is 26.2. The molecule has 0 aliphatic heterocycles. The Hall–Kier alpha value is -4.06. The normalized spacial score (nSPS) is 11.0. The SMILES string of the molecule is Cn1nccc1S(=O)(=O)Nc1c(F)cc(C#Cc2cncc(F)c2)cc1F.O=C(O)C(F)(F)F. The Morgan fingerprint density at radius 3 is 2.09 bits per heavy atom. The van der Waals surface area contributed by atoms with E-state index in [-0.39, 0.29) is 16.2 Å². The van der Waals surface area contributed by atoms with Crippen LogP contribution < -0.4 is 4.72 Å². The average molecular weight is 506 g/mol. The summed E-state index contributed by atoms with van der Waals surface area (Å²) in [5, 5.41) is 10.6. The number of benzene rings is 1. The van der Waals surface area contributed by atoms with Crippen molar-refractivity contribution in [3.8, 4) is 11.8 Å². The summed E-state index contributed by atoms with van der Waals surface area (Å²) < 4.78 is 101. The van der Waals surface area contributed by atoms with Crippen LogP contribution in [0.4, 0.5) is 32.0 Å². The smallest absolute Gasteiger partial charge is 0.475 e. The molecule has 0 fully saturated rings. The van der Waals surface area contributed by atoms with Gasteiger partial charge in [0.05, 0.1) is 12.4 Å². The van der Waals surface area contributed by atoms with Crippen molar-refractivity contribution < 1.29 is 44.7 Å². The molecule has 3 rings (SSSR count). The van der Waals surface area contributed by atoms with Gasteiger partial charge in [-0.3, -0.25) is 14.4 Å². The van der Waals surface area contributed by atoms with Crippen molar-refractivity contribution in [2.75, 3.05) is 4.72 Å². The topological polar surface area (TPSA) is 114 Å². The average Bonchev–Trinajstić information content (AvgIpc) is 3.16. The maximum absolute atomic E-state index is 14.2. The molecular formula is C19H12F6N4O4S. The van der Waals surface area contributed by atoms with Gasteiger partial charge in [0.1, 0.15) is 11.5 Å². The van der Waals surface area contributed by atoms with Crippen LogP contribution in [0.25, 0.3) is 0 Å². The molecule has 0 radical (unpaired) electrons. The number of hydrogen-bond acceptors (Lipinski definition) is 5. The van der Waals surface area contributed by atoms with Gasteiger partial charge in [-0.25, -0.2) is 18.0 Å². The van der Waals surface area contributed by atoms with E-state index in [9.17, 15) is 34.8 Å². The molecule has 0 saturated carbocycles. The molecule has 0 atom stereocenters. The fourth-order valence-electron chi connectivity index (χ4n) is 2.18. The van der Waals surface area contributed by atoms with Gasteiger partial charge >= 0.3 is 12.1 Å². The molecule has 15 heteroatoms. The van der Waals surface area contributed by atoms with Crippen LogP contribution in [-0.4, -0.2) is 40.4 Å². The number of anilines is 1. The third-order valence-corrected chi connectivity index (χ3v) is 5.05. The van der Waals surface area contributed by atoms with Crippen molar-refractivity contribution in [1.82, 2.24) is 14.8 Å². The van der Waals surface area contributed by atoms with Gasteiger partial charge in [0.25, 0.3) is 10.0 Å². The minimum Gasteiger partial charge on any atom is -0.475 e. The first-order chi connectivity index (χ1) is 15.7. The van der Waals surface area contributed by atoms with E-state index in [1.807, 2.05) is 4.72 Å². The summed E-state index contributed by atoms with van der Waals surface area (Å²) in [6.07, 6.45) is -1.56. The van der Waals surface area contributed by atoms with Crippen LogP contribution in [0, 0.1) is 29.3 Å². The fourth-order valence-corrected chi connectivity index (χ4v) is 3.38. The summed E-state index contributed by atoms with van der Waals surface area (Å²) in [6, 6.07) is 4.03. The van der Waals surface area contributed by atoms with Crippen LogP contribution in [0.1, 0.15) is 11.1 Å². The van der Waals surface area contributed by atoms with Gasteiger partial charge < -0.3 is 5.11 Å². The predicted molar refractivity (Wildman–Crippen MR) is 104 cm³/mol. The predicted octanol–water partition coefficient (Wildman–Crippen LogP) is 3.07. The number of pyridine rings is 1. The number of aliphatic carboxylic acids is 1. The molecule has 3 aromatic rings. The van der Waals surface area contributed by atoms with Gasteiger partial charge in [-0.05, 0) is 24.3 Å². The van der Waals surface area contributed by atoms with Crippen molar-refractivity contribution in [3.05, 3.63) is 71.4 Å². The number of carboxylic acids is 1. The Morgan fingerprint density at radius 2 is 1.62 bits per heavy atom. The highest BCUT2D eigenvalue weighted by Gasteiger charge is 2.38. The monoisotopic (exact) mass is 506 g/mol. The summed E-state index contributed by atoms with van der Waals surface area (Å²) in [5.41, 5.74) is -0.677. The first-order valence-corrected chi connectivity index (χ1v) is 10.1. The van der Waals surface area contributed by atoms with Gasteiger partial charge in [-0.1, -0.05) is 11.8 Å². The number of sulfonamides is 1. The number of alkyl halides is 3. The van der Waals surface area contributed by atoms with E-state index in [4.69, 9.17) is 9.90 Å². The number of hydrogen-bond donors (Lipinski definition) is 2. The summed E-state index contributed by atoms with van der Waals surface area (Å²) in [7, 11) is -2.86. The number of halogens is 6. The Morgan fingerprint density at radius 1 is 1.06 bits per heavy atom. The maximum atomic E-state index is 14.2. The van der Waals surface area contributed by atoms with E-state index in [0.717, 1.165) is 29.1 Å². The van der Waals surface area contributed by atoms with Crippen LogP contribution in [0.2, 0.25) is 0 Å². The molecule has 0 spiro atoms. The van der Waals surface area contributed by atoms with Crippen molar-refractivity contribution in [1.29, 1.82) is 0 Å². The number of nitrogens with zero attached hydrogens (tertiary/aromatic N) is 3.